The molecule has 0 saturated carbocycles. The second-order valence-electron chi connectivity index (χ2n) is 6.83. The topological polar surface area (TPSA) is 49.7 Å². The van der Waals surface area contributed by atoms with Crippen molar-refractivity contribution in [2.24, 2.45) is 0 Å². The van der Waals surface area contributed by atoms with Crippen LogP contribution >= 0.6 is 0 Å². The number of likely N-dealkylation sites (N-methyl/N-ethyl adjacent to an activating group) is 2. The van der Waals surface area contributed by atoms with Crippen molar-refractivity contribution in [3.63, 3.8) is 0 Å². The summed E-state index contributed by atoms with van der Waals surface area (Å²) in [5.41, 5.74) is 0. The number of nitrogens with zero attached hydrogens (tertiary/aromatic N) is 2. The highest BCUT2D eigenvalue weighted by molar-refractivity contribution is 4.55. The van der Waals surface area contributed by atoms with E-state index in [-0.39, 0.29) is 18.8 Å². The minimum Gasteiger partial charge on any atom is -0.394 e. The molecule has 0 rings (SSSR count). The van der Waals surface area contributed by atoms with Gasteiger partial charge >= 0.3 is 0 Å². The maximum Gasteiger partial charge on any atom is 0.152 e. The SMILES string of the molecule is CC(C[N+](C)(C)CC(O)C[N+](C)(C)C)OCCO. The first-order chi connectivity index (χ1) is 8.06. The minimum absolute atomic E-state index is 0.0574. The number of rotatable bonds is 9. The molecule has 0 radical (unpaired) electrons. The van der Waals surface area contributed by atoms with E-state index in [1.807, 2.05) is 6.92 Å². The predicted molar refractivity (Wildman–Crippen MR) is 73.2 cm³/mol. The van der Waals surface area contributed by atoms with E-state index >= 15 is 0 Å². The van der Waals surface area contributed by atoms with E-state index in [2.05, 4.69) is 35.2 Å². The molecule has 0 aliphatic carbocycles. The van der Waals surface area contributed by atoms with Crippen LogP contribution in [0.5, 0.6) is 0 Å². The molecule has 2 unspecified atom stereocenters. The van der Waals surface area contributed by atoms with Crippen molar-refractivity contribution in [2.45, 2.75) is 19.1 Å². The molecule has 0 bridgehead atoms. The van der Waals surface area contributed by atoms with Crippen LogP contribution < -0.4 is 0 Å². The summed E-state index contributed by atoms with van der Waals surface area (Å²) in [4.78, 5) is 0. The Morgan fingerprint density at radius 3 is 2.00 bits per heavy atom. The lowest BCUT2D eigenvalue weighted by Gasteiger charge is -2.35. The zero-order chi connectivity index (χ0) is 14.4. The molecule has 0 fully saturated rings. The van der Waals surface area contributed by atoms with Gasteiger partial charge in [-0.25, -0.2) is 0 Å². The van der Waals surface area contributed by atoms with Gasteiger partial charge in [-0.15, -0.1) is 0 Å². The molecule has 18 heavy (non-hydrogen) atoms. The highest BCUT2D eigenvalue weighted by atomic mass is 16.5. The highest BCUT2D eigenvalue weighted by Gasteiger charge is 2.26. The van der Waals surface area contributed by atoms with E-state index in [0.717, 1.165) is 17.6 Å². The molecule has 0 spiro atoms. The van der Waals surface area contributed by atoms with E-state index in [1.165, 1.54) is 0 Å². The summed E-state index contributed by atoms with van der Waals surface area (Å²) in [5, 5.41) is 18.8. The number of ether oxygens (including phenoxy) is 1. The monoisotopic (exact) mass is 264 g/mol. The highest BCUT2D eigenvalue weighted by Crippen LogP contribution is 2.06. The smallest absolute Gasteiger partial charge is 0.152 e. The molecule has 0 aliphatic rings. The van der Waals surface area contributed by atoms with Crippen LogP contribution in [0, 0.1) is 0 Å². The average molecular weight is 264 g/mol. The lowest BCUT2D eigenvalue weighted by Crippen LogP contribution is -2.53. The largest absolute Gasteiger partial charge is 0.394 e. The predicted octanol–water partition coefficient (Wildman–Crippen LogP) is -0.473. The van der Waals surface area contributed by atoms with Crippen molar-refractivity contribution in [1.82, 2.24) is 0 Å². The Labute approximate surface area is 112 Å². The van der Waals surface area contributed by atoms with Crippen LogP contribution in [0.25, 0.3) is 0 Å². The second-order valence-corrected chi connectivity index (χ2v) is 6.83. The molecule has 0 heterocycles. The molecular weight excluding hydrogens is 232 g/mol. The third-order valence-electron chi connectivity index (χ3n) is 2.71. The zero-order valence-electron chi connectivity index (χ0n) is 12.9. The number of hydrogen-bond acceptors (Lipinski definition) is 3. The van der Waals surface area contributed by atoms with Crippen LogP contribution in [0.1, 0.15) is 6.92 Å². The minimum atomic E-state index is -0.315. The summed E-state index contributed by atoms with van der Waals surface area (Å²) in [5.74, 6) is 0. The summed E-state index contributed by atoms with van der Waals surface area (Å²) in [7, 11) is 10.4. The van der Waals surface area contributed by atoms with E-state index in [1.54, 1.807) is 0 Å². The summed E-state index contributed by atoms with van der Waals surface area (Å²) in [6.45, 7) is 4.72. The number of hydrogen-bond donors (Lipinski definition) is 2. The van der Waals surface area contributed by atoms with Crippen molar-refractivity contribution in [2.75, 3.05) is 68.1 Å². The standard InChI is InChI=1S/C13H32N2O3/c1-12(18-8-7-16)9-15(5,6)11-13(17)10-14(2,3)4/h12-13,16-17H,7-11H2,1-6H3/q+2. The van der Waals surface area contributed by atoms with Crippen LogP contribution in [-0.2, 0) is 4.74 Å². The number of aliphatic hydroxyl groups is 2. The summed E-state index contributed by atoms with van der Waals surface area (Å²) >= 11 is 0. The van der Waals surface area contributed by atoms with Gasteiger partial charge in [-0.1, -0.05) is 0 Å². The van der Waals surface area contributed by atoms with E-state index in [0.29, 0.717) is 17.6 Å². The molecule has 0 aromatic carbocycles. The molecular formula is C13H32N2O3+2. The van der Waals surface area contributed by atoms with Gasteiger partial charge in [0.15, 0.2) is 6.10 Å². The van der Waals surface area contributed by atoms with Crippen molar-refractivity contribution in [3.05, 3.63) is 0 Å². The van der Waals surface area contributed by atoms with E-state index in [4.69, 9.17) is 9.84 Å². The molecule has 2 atom stereocenters. The fourth-order valence-electron chi connectivity index (χ4n) is 2.34. The quantitative estimate of drug-likeness (QED) is 0.554. The van der Waals surface area contributed by atoms with Crippen LogP contribution in [0.2, 0.25) is 0 Å². The third-order valence-corrected chi connectivity index (χ3v) is 2.71. The van der Waals surface area contributed by atoms with Crippen molar-refractivity contribution >= 4 is 0 Å². The van der Waals surface area contributed by atoms with Crippen LogP contribution in [0.15, 0.2) is 0 Å². The normalized spacial score (nSPS) is 16.7. The summed E-state index contributed by atoms with van der Waals surface area (Å²) in [6, 6.07) is 0. The molecule has 0 aromatic heterocycles. The van der Waals surface area contributed by atoms with Gasteiger partial charge in [-0.2, -0.15) is 0 Å². The number of quaternary nitrogens is 2. The second kappa shape index (κ2) is 7.40. The van der Waals surface area contributed by atoms with Gasteiger partial charge in [0, 0.05) is 0 Å². The Bertz CT molecular complexity index is 227. The summed E-state index contributed by atoms with van der Waals surface area (Å²) < 4.78 is 6.94. The molecule has 0 saturated heterocycles. The third kappa shape index (κ3) is 9.79. The number of aliphatic hydroxyl groups excluding tert-OH is 2. The lowest BCUT2D eigenvalue weighted by molar-refractivity contribution is -0.909. The maximum absolute atomic E-state index is 10.1. The van der Waals surface area contributed by atoms with Crippen LogP contribution in [0.3, 0.4) is 0 Å². The Morgan fingerprint density at radius 2 is 1.56 bits per heavy atom. The fraction of sp³-hybridized carbons (Fsp3) is 1.00. The van der Waals surface area contributed by atoms with Crippen molar-refractivity contribution in [3.8, 4) is 0 Å². The van der Waals surface area contributed by atoms with Gasteiger partial charge in [0.1, 0.15) is 25.7 Å². The van der Waals surface area contributed by atoms with Gasteiger partial charge < -0.3 is 23.9 Å². The molecule has 2 N–H and O–H groups in total. The Kier molecular flexibility index (Phi) is 7.32. The van der Waals surface area contributed by atoms with Gasteiger partial charge in [-0.3, -0.25) is 0 Å². The van der Waals surface area contributed by atoms with Gasteiger partial charge in [-0.05, 0) is 6.92 Å². The molecule has 0 aromatic rings. The van der Waals surface area contributed by atoms with E-state index < -0.39 is 0 Å². The molecule has 0 amide bonds. The van der Waals surface area contributed by atoms with Crippen LogP contribution in [-0.4, -0.2) is 99.5 Å². The fourth-order valence-corrected chi connectivity index (χ4v) is 2.34. The van der Waals surface area contributed by atoms with Gasteiger partial charge in [0.25, 0.3) is 0 Å². The first kappa shape index (κ1) is 17.8. The van der Waals surface area contributed by atoms with Crippen molar-refractivity contribution in [1.29, 1.82) is 0 Å². The van der Waals surface area contributed by atoms with Gasteiger partial charge in [0.2, 0.25) is 0 Å². The first-order valence-corrected chi connectivity index (χ1v) is 6.59. The zero-order valence-corrected chi connectivity index (χ0v) is 12.9. The average Bonchev–Trinajstić information content (AvgIpc) is 2.09. The van der Waals surface area contributed by atoms with Crippen molar-refractivity contribution < 1.29 is 23.9 Å². The molecule has 5 heteroatoms. The lowest BCUT2D eigenvalue weighted by atomic mass is 10.2. The van der Waals surface area contributed by atoms with E-state index in [9.17, 15) is 5.11 Å². The Balaban J connectivity index is 4.12. The first-order valence-electron chi connectivity index (χ1n) is 6.59. The molecule has 0 aliphatic heterocycles. The summed E-state index contributed by atoms with van der Waals surface area (Å²) in [6.07, 6.45) is -0.228. The molecule has 110 valence electrons. The van der Waals surface area contributed by atoms with Crippen LogP contribution in [0.4, 0.5) is 0 Å². The Hall–Kier alpha value is -0.200. The van der Waals surface area contributed by atoms with Gasteiger partial charge in [0.05, 0.1) is 48.5 Å². The Morgan fingerprint density at radius 1 is 1.00 bits per heavy atom. The maximum atomic E-state index is 10.1. The molecule has 5 nitrogen and oxygen atoms in total.